The van der Waals surface area contributed by atoms with E-state index in [-0.39, 0.29) is 0 Å². The first-order valence-corrected chi connectivity index (χ1v) is 7.13. The third-order valence-corrected chi connectivity index (χ3v) is 3.56. The predicted molar refractivity (Wildman–Crippen MR) is 66.8 cm³/mol. The van der Waals surface area contributed by atoms with Gasteiger partial charge < -0.3 is 11.5 Å². The molecule has 1 rings (SSSR count). The van der Waals surface area contributed by atoms with Crippen LogP contribution in [0.5, 0.6) is 0 Å². The second-order valence-electron chi connectivity index (χ2n) is 2.88. The van der Waals surface area contributed by atoms with Crippen LogP contribution in [0.2, 0.25) is 0 Å². The van der Waals surface area contributed by atoms with Crippen molar-refractivity contribution in [2.24, 2.45) is 11.5 Å². The van der Waals surface area contributed by atoms with Gasteiger partial charge in [-0.3, -0.25) is 5.10 Å². The first-order chi connectivity index (χ1) is 7.36. The normalized spacial score (nSPS) is 10.8. The number of hydrogen-bond donors (Lipinski definition) is 3. The maximum atomic E-state index is 5.40. The summed E-state index contributed by atoms with van der Waals surface area (Å²) in [4.78, 5) is 4.36. The third kappa shape index (κ3) is 5.41. The topological polar surface area (TPSA) is 93.6 Å². The zero-order valence-corrected chi connectivity index (χ0v) is 10.2. The Hall–Kier alpha value is -0.240. The van der Waals surface area contributed by atoms with Gasteiger partial charge in [0.15, 0.2) is 5.82 Å². The first kappa shape index (κ1) is 12.8. The number of nitrogens with two attached hydrogens (primary N) is 2. The van der Waals surface area contributed by atoms with Gasteiger partial charge in [0, 0.05) is 24.6 Å². The molecule has 0 spiro atoms. The molecule has 5 N–H and O–H groups in total. The van der Waals surface area contributed by atoms with Crippen LogP contribution in [0.4, 0.5) is 0 Å². The molecule has 1 heterocycles. The Labute approximate surface area is 98.2 Å². The number of aromatic amines is 1. The van der Waals surface area contributed by atoms with E-state index < -0.39 is 0 Å². The van der Waals surface area contributed by atoms with Crippen molar-refractivity contribution in [2.75, 3.05) is 24.6 Å². The lowest BCUT2D eigenvalue weighted by Gasteiger charge is -1.94. The number of hydrogen-bond acceptors (Lipinski definition) is 6. The van der Waals surface area contributed by atoms with Crippen molar-refractivity contribution in [3.8, 4) is 0 Å². The lowest BCUT2D eigenvalue weighted by atomic mass is 10.7. The molecule has 0 saturated carbocycles. The maximum absolute atomic E-state index is 5.40. The SMILES string of the molecule is NCCSCc1n[nH]c(CSCCN)n1. The van der Waals surface area contributed by atoms with Crippen molar-refractivity contribution in [2.45, 2.75) is 11.5 Å². The van der Waals surface area contributed by atoms with Gasteiger partial charge in [-0.2, -0.15) is 28.6 Å². The fourth-order valence-electron chi connectivity index (χ4n) is 0.963. The summed E-state index contributed by atoms with van der Waals surface area (Å²) in [5.74, 6) is 5.37. The summed E-state index contributed by atoms with van der Waals surface area (Å²) in [6.45, 7) is 1.41. The quantitative estimate of drug-likeness (QED) is 0.568. The molecule has 0 radical (unpaired) electrons. The molecule has 1 aromatic heterocycles. The Morgan fingerprint density at radius 2 is 1.73 bits per heavy atom. The lowest BCUT2D eigenvalue weighted by Crippen LogP contribution is -2.02. The van der Waals surface area contributed by atoms with Crippen LogP contribution in [-0.2, 0) is 11.5 Å². The second kappa shape index (κ2) is 7.98. The molecule has 0 amide bonds. The number of H-pyrrole nitrogens is 1. The molecule has 86 valence electrons. The molecule has 0 aliphatic rings. The van der Waals surface area contributed by atoms with Crippen molar-refractivity contribution < 1.29 is 0 Å². The fraction of sp³-hybridized carbons (Fsp3) is 0.750. The molecule has 0 saturated heterocycles. The van der Waals surface area contributed by atoms with E-state index in [0.29, 0.717) is 13.1 Å². The molecule has 7 heteroatoms. The highest BCUT2D eigenvalue weighted by Crippen LogP contribution is 2.10. The van der Waals surface area contributed by atoms with Crippen LogP contribution < -0.4 is 11.5 Å². The highest BCUT2D eigenvalue weighted by molar-refractivity contribution is 7.98. The van der Waals surface area contributed by atoms with Gasteiger partial charge in [-0.15, -0.1) is 0 Å². The summed E-state index contributed by atoms with van der Waals surface area (Å²) in [7, 11) is 0. The number of thioether (sulfide) groups is 2. The molecule has 0 unspecified atom stereocenters. The van der Waals surface area contributed by atoms with Crippen molar-refractivity contribution in [3.63, 3.8) is 0 Å². The number of nitrogens with zero attached hydrogens (tertiary/aromatic N) is 2. The fourth-order valence-corrected chi connectivity index (χ4v) is 2.22. The maximum Gasteiger partial charge on any atom is 0.160 e. The summed E-state index contributed by atoms with van der Waals surface area (Å²) >= 11 is 3.51. The van der Waals surface area contributed by atoms with Gasteiger partial charge in [0.25, 0.3) is 0 Å². The van der Waals surface area contributed by atoms with Crippen LogP contribution in [0.3, 0.4) is 0 Å². The van der Waals surface area contributed by atoms with Crippen LogP contribution in [0.1, 0.15) is 11.6 Å². The van der Waals surface area contributed by atoms with Gasteiger partial charge in [0.2, 0.25) is 0 Å². The van der Waals surface area contributed by atoms with Crippen LogP contribution in [0.25, 0.3) is 0 Å². The average molecular weight is 247 g/mol. The van der Waals surface area contributed by atoms with E-state index in [1.165, 1.54) is 0 Å². The molecule has 15 heavy (non-hydrogen) atoms. The highest BCUT2D eigenvalue weighted by atomic mass is 32.2. The van der Waals surface area contributed by atoms with Crippen molar-refractivity contribution in [3.05, 3.63) is 11.6 Å². The van der Waals surface area contributed by atoms with Crippen LogP contribution >= 0.6 is 23.5 Å². The summed E-state index contributed by atoms with van der Waals surface area (Å²) in [6.07, 6.45) is 0. The molecule has 0 fully saturated rings. The van der Waals surface area contributed by atoms with E-state index in [4.69, 9.17) is 11.5 Å². The van der Waals surface area contributed by atoms with Crippen LogP contribution in [0, 0.1) is 0 Å². The van der Waals surface area contributed by atoms with Gasteiger partial charge in [-0.25, -0.2) is 4.98 Å². The zero-order chi connectivity index (χ0) is 10.9. The third-order valence-electron chi connectivity index (χ3n) is 1.57. The van der Waals surface area contributed by atoms with E-state index >= 15 is 0 Å². The van der Waals surface area contributed by atoms with Gasteiger partial charge in [-0.05, 0) is 0 Å². The van der Waals surface area contributed by atoms with Gasteiger partial charge >= 0.3 is 0 Å². The average Bonchev–Trinajstić information content (AvgIpc) is 2.67. The summed E-state index contributed by atoms with van der Waals surface area (Å²) < 4.78 is 0. The molecule has 5 nitrogen and oxygen atoms in total. The molecular weight excluding hydrogens is 230 g/mol. The Bertz CT molecular complexity index is 241. The summed E-state index contributed by atoms with van der Waals surface area (Å²) in [5, 5.41) is 7.05. The zero-order valence-electron chi connectivity index (χ0n) is 8.61. The Morgan fingerprint density at radius 3 is 2.40 bits per heavy atom. The second-order valence-corrected chi connectivity index (χ2v) is 5.09. The number of rotatable bonds is 8. The monoisotopic (exact) mass is 247 g/mol. The minimum absolute atomic E-state index is 0.703. The predicted octanol–water partition coefficient (Wildman–Crippen LogP) is 0.188. The molecular formula is C8H17N5S2. The lowest BCUT2D eigenvalue weighted by molar-refractivity contribution is 1.00. The van der Waals surface area contributed by atoms with E-state index in [9.17, 15) is 0 Å². The summed E-state index contributed by atoms with van der Waals surface area (Å²) in [6, 6.07) is 0. The van der Waals surface area contributed by atoms with E-state index in [0.717, 1.165) is 34.7 Å². The molecule has 0 aliphatic heterocycles. The highest BCUT2D eigenvalue weighted by Gasteiger charge is 2.02. The van der Waals surface area contributed by atoms with E-state index in [1.54, 1.807) is 23.5 Å². The van der Waals surface area contributed by atoms with E-state index in [2.05, 4.69) is 15.2 Å². The van der Waals surface area contributed by atoms with Gasteiger partial charge in [0.05, 0.1) is 11.5 Å². The van der Waals surface area contributed by atoms with Crippen LogP contribution in [-0.4, -0.2) is 39.8 Å². The Kier molecular flexibility index (Phi) is 6.82. The molecule has 0 bridgehead atoms. The van der Waals surface area contributed by atoms with Crippen molar-refractivity contribution in [1.29, 1.82) is 0 Å². The molecule has 0 aliphatic carbocycles. The minimum atomic E-state index is 0.703. The largest absolute Gasteiger partial charge is 0.330 e. The van der Waals surface area contributed by atoms with Crippen molar-refractivity contribution in [1.82, 2.24) is 15.2 Å². The minimum Gasteiger partial charge on any atom is -0.330 e. The van der Waals surface area contributed by atoms with Gasteiger partial charge in [-0.1, -0.05) is 0 Å². The van der Waals surface area contributed by atoms with Gasteiger partial charge in [0.1, 0.15) is 5.82 Å². The summed E-state index contributed by atoms with van der Waals surface area (Å²) in [5.41, 5.74) is 10.8. The standard InChI is InChI=1S/C8H17N5S2/c9-1-3-14-5-7-11-8(13-12-7)6-15-4-2-10/h1-6,9-10H2,(H,11,12,13). The van der Waals surface area contributed by atoms with E-state index in [1.807, 2.05) is 0 Å². The van der Waals surface area contributed by atoms with Crippen molar-refractivity contribution >= 4 is 23.5 Å². The number of nitrogens with one attached hydrogen (secondary N) is 1. The first-order valence-electron chi connectivity index (χ1n) is 4.82. The molecule has 1 aromatic rings. The number of aromatic nitrogens is 3. The Morgan fingerprint density at radius 1 is 1.07 bits per heavy atom. The van der Waals surface area contributed by atoms with Crippen LogP contribution in [0.15, 0.2) is 0 Å². The smallest absolute Gasteiger partial charge is 0.160 e. The Balaban J connectivity index is 2.23. The molecule has 0 aromatic carbocycles. The molecule has 0 atom stereocenters.